The molecule has 0 saturated carbocycles. The van der Waals surface area contributed by atoms with Crippen molar-refractivity contribution in [2.75, 3.05) is 19.4 Å². The topological polar surface area (TPSA) is 81.3 Å². The van der Waals surface area contributed by atoms with E-state index in [4.69, 9.17) is 15.5 Å². The van der Waals surface area contributed by atoms with Gasteiger partial charge >= 0.3 is 0 Å². The van der Waals surface area contributed by atoms with Gasteiger partial charge in [0.15, 0.2) is 0 Å². The van der Waals surface area contributed by atoms with E-state index in [1.54, 1.807) is 24.5 Å². The first kappa shape index (κ1) is 17.4. The number of hydrogen-bond acceptors (Lipinski definition) is 6. The number of likely N-dealkylation sites (N-methyl/N-ethyl adjacent to an activating group) is 1. The Morgan fingerprint density at radius 1 is 1.41 bits per heavy atom. The van der Waals surface area contributed by atoms with E-state index in [2.05, 4.69) is 4.98 Å². The zero-order valence-corrected chi connectivity index (χ0v) is 15.1. The first-order valence-corrected chi connectivity index (χ1v) is 8.68. The molecule has 7 heteroatoms. The molecule has 0 amide bonds. The molecule has 0 spiro atoms. The first-order chi connectivity index (χ1) is 13.1. The second-order valence-electron chi connectivity index (χ2n) is 6.42. The number of anilines is 1. The smallest absolute Gasteiger partial charge is 0.141 e. The maximum Gasteiger partial charge on any atom is 0.141 e. The quantitative estimate of drug-likeness (QED) is 0.715. The zero-order chi connectivity index (χ0) is 19.1. The average Bonchev–Trinajstić information content (AvgIpc) is 3.06. The minimum atomic E-state index is -0.432. The molecule has 0 aliphatic carbocycles. The van der Waals surface area contributed by atoms with Crippen molar-refractivity contribution in [1.29, 1.82) is 0 Å². The van der Waals surface area contributed by atoms with E-state index in [1.807, 2.05) is 11.8 Å². The van der Waals surface area contributed by atoms with Gasteiger partial charge in [0.2, 0.25) is 0 Å². The molecule has 2 N–H and O–H groups in total. The van der Waals surface area contributed by atoms with Gasteiger partial charge in [-0.25, -0.2) is 4.39 Å². The fourth-order valence-corrected chi connectivity index (χ4v) is 3.79. The molecule has 1 aliphatic heterocycles. The third kappa shape index (κ3) is 2.54. The molecule has 1 aliphatic rings. The van der Waals surface area contributed by atoms with Gasteiger partial charge in [0.25, 0.3) is 0 Å². The zero-order valence-electron chi connectivity index (χ0n) is 15.1. The Morgan fingerprint density at radius 2 is 2.22 bits per heavy atom. The van der Waals surface area contributed by atoms with Crippen LogP contribution in [0.5, 0.6) is 5.75 Å². The van der Waals surface area contributed by atoms with E-state index in [9.17, 15) is 9.18 Å². The number of ether oxygens (including phenoxy) is 1. The van der Waals surface area contributed by atoms with Gasteiger partial charge in [-0.1, -0.05) is 6.92 Å². The molecule has 4 rings (SSSR count). The summed E-state index contributed by atoms with van der Waals surface area (Å²) in [7, 11) is 1.52. The van der Waals surface area contributed by atoms with Crippen LogP contribution in [0.1, 0.15) is 24.2 Å². The first-order valence-electron chi connectivity index (χ1n) is 8.68. The minimum Gasteiger partial charge on any atom is -0.496 e. The second-order valence-corrected chi connectivity index (χ2v) is 6.42. The molecule has 1 aromatic carbocycles. The van der Waals surface area contributed by atoms with Crippen LogP contribution in [-0.4, -0.2) is 34.8 Å². The SMILES string of the molecule is CCN1Cc2nc3c(-c4cnccc4OC)c(F)ccc3c(N)c2C1C=O. The van der Waals surface area contributed by atoms with E-state index >= 15 is 0 Å². The normalized spacial score (nSPS) is 16.5. The number of aldehydes is 1. The summed E-state index contributed by atoms with van der Waals surface area (Å²) >= 11 is 0. The number of nitrogen functional groups attached to an aromatic ring is 1. The van der Waals surface area contributed by atoms with Gasteiger partial charge in [-0.2, -0.15) is 0 Å². The molecule has 138 valence electrons. The van der Waals surface area contributed by atoms with Crippen molar-refractivity contribution in [2.24, 2.45) is 0 Å². The van der Waals surface area contributed by atoms with Crippen LogP contribution >= 0.6 is 0 Å². The maximum atomic E-state index is 14.9. The lowest BCUT2D eigenvalue weighted by molar-refractivity contribution is -0.112. The lowest BCUT2D eigenvalue weighted by atomic mass is 9.97. The summed E-state index contributed by atoms with van der Waals surface area (Å²) in [4.78, 5) is 22.5. The molecule has 0 saturated heterocycles. The van der Waals surface area contributed by atoms with Crippen molar-refractivity contribution in [2.45, 2.75) is 19.5 Å². The molecule has 0 bridgehead atoms. The highest BCUT2D eigenvalue weighted by Gasteiger charge is 2.33. The highest BCUT2D eigenvalue weighted by atomic mass is 19.1. The van der Waals surface area contributed by atoms with Crippen molar-refractivity contribution in [3.63, 3.8) is 0 Å². The lowest BCUT2D eigenvalue weighted by Gasteiger charge is -2.18. The molecule has 0 radical (unpaired) electrons. The predicted molar refractivity (Wildman–Crippen MR) is 101 cm³/mol. The number of aromatic nitrogens is 2. The van der Waals surface area contributed by atoms with E-state index < -0.39 is 11.9 Å². The molecule has 2 aromatic heterocycles. The molecule has 27 heavy (non-hydrogen) atoms. The summed E-state index contributed by atoms with van der Waals surface area (Å²) in [6.07, 6.45) is 4.01. The van der Waals surface area contributed by atoms with Crippen LogP contribution in [0.15, 0.2) is 30.6 Å². The summed E-state index contributed by atoms with van der Waals surface area (Å²) in [5, 5.41) is 0.612. The monoisotopic (exact) mass is 366 g/mol. The minimum absolute atomic E-state index is 0.296. The third-order valence-corrected chi connectivity index (χ3v) is 5.11. The van der Waals surface area contributed by atoms with Crippen LogP contribution in [0.2, 0.25) is 0 Å². The average molecular weight is 366 g/mol. The summed E-state index contributed by atoms with van der Waals surface area (Å²) in [5.74, 6) is 0.0659. The van der Waals surface area contributed by atoms with Gasteiger partial charge in [0.05, 0.1) is 24.4 Å². The number of carbonyl (C=O) groups is 1. The number of carbonyl (C=O) groups excluding carboxylic acids is 1. The van der Waals surface area contributed by atoms with Crippen LogP contribution in [0, 0.1) is 5.82 Å². The van der Waals surface area contributed by atoms with Crippen LogP contribution < -0.4 is 10.5 Å². The second kappa shape index (κ2) is 6.59. The number of benzene rings is 1. The molecule has 3 aromatic rings. The molecular weight excluding hydrogens is 347 g/mol. The Kier molecular flexibility index (Phi) is 4.24. The van der Waals surface area contributed by atoms with E-state index in [-0.39, 0.29) is 0 Å². The molecular formula is C20H19FN4O2. The van der Waals surface area contributed by atoms with Gasteiger partial charge in [-0.05, 0) is 24.7 Å². The number of methoxy groups -OCH3 is 1. The number of nitrogens with two attached hydrogens (primary N) is 1. The van der Waals surface area contributed by atoms with Crippen LogP contribution in [0.25, 0.3) is 22.0 Å². The number of pyridine rings is 2. The number of halogens is 1. The Bertz CT molecular complexity index is 1050. The molecule has 0 fully saturated rings. The predicted octanol–water partition coefficient (Wildman–Crippen LogP) is 3.10. The number of hydrogen-bond donors (Lipinski definition) is 1. The van der Waals surface area contributed by atoms with E-state index in [0.29, 0.717) is 52.3 Å². The summed E-state index contributed by atoms with van der Waals surface area (Å²) in [6.45, 7) is 3.16. The summed E-state index contributed by atoms with van der Waals surface area (Å²) in [6, 6.07) is 4.21. The highest BCUT2D eigenvalue weighted by molar-refractivity contribution is 6.02. The van der Waals surface area contributed by atoms with Gasteiger partial charge in [0.1, 0.15) is 17.9 Å². The lowest BCUT2D eigenvalue weighted by Crippen LogP contribution is -2.22. The summed E-state index contributed by atoms with van der Waals surface area (Å²) < 4.78 is 20.2. The van der Waals surface area contributed by atoms with E-state index in [1.165, 1.54) is 13.2 Å². The standard InChI is InChI=1S/C20H19FN4O2/c1-3-25-9-14-18(15(25)10-26)19(22)11-4-5-13(21)17(20(11)24-14)12-8-23-7-6-16(12)27-2/h4-8,10,15H,3,9H2,1-2H3,(H2,22,24). The van der Waals surface area contributed by atoms with Crippen molar-refractivity contribution in [3.05, 3.63) is 47.7 Å². The van der Waals surface area contributed by atoms with Gasteiger partial charge in [-0.3, -0.25) is 14.9 Å². The van der Waals surface area contributed by atoms with Gasteiger partial charge in [-0.15, -0.1) is 0 Å². The van der Waals surface area contributed by atoms with Crippen LogP contribution in [0.3, 0.4) is 0 Å². The molecule has 3 heterocycles. The largest absolute Gasteiger partial charge is 0.496 e. The van der Waals surface area contributed by atoms with Crippen LogP contribution in [0.4, 0.5) is 10.1 Å². The fraction of sp³-hybridized carbons (Fsp3) is 0.250. The Morgan fingerprint density at radius 3 is 2.93 bits per heavy atom. The van der Waals surface area contributed by atoms with Crippen molar-refractivity contribution < 1.29 is 13.9 Å². The van der Waals surface area contributed by atoms with Crippen LogP contribution in [-0.2, 0) is 11.3 Å². The fourth-order valence-electron chi connectivity index (χ4n) is 3.79. The maximum absolute atomic E-state index is 14.9. The Balaban J connectivity index is 2.05. The Labute approximate surface area is 155 Å². The molecule has 6 nitrogen and oxygen atoms in total. The van der Waals surface area contributed by atoms with Crippen molar-refractivity contribution in [1.82, 2.24) is 14.9 Å². The van der Waals surface area contributed by atoms with Gasteiger partial charge < -0.3 is 15.3 Å². The Hall–Kier alpha value is -3.06. The van der Waals surface area contributed by atoms with Crippen molar-refractivity contribution in [3.8, 4) is 16.9 Å². The van der Waals surface area contributed by atoms with Gasteiger partial charge in [0, 0.05) is 46.7 Å². The highest BCUT2D eigenvalue weighted by Crippen LogP contribution is 2.42. The molecule has 1 atom stereocenters. The third-order valence-electron chi connectivity index (χ3n) is 5.11. The number of rotatable bonds is 4. The number of nitrogens with zero attached hydrogens (tertiary/aromatic N) is 3. The van der Waals surface area contributed by atoms with Crippen molar-refractivity contribution >= 4 is 22.9 Å². The summed E-state index contributed by atoms with van der Waals surface area (Å²) in [5.41, 5.74) is 9.56. The van der Waals surface area contributed by atoms with E-state index in [0.717, 1.165) is 11.8 Å². The molecule has 1 unspecified atom stereocenters. The number of fused-ring (bicyclic) bond motifs is 2.